The molecule has 1 saturated carbocycles. The number of hydrogen-bond donors (Lipinski definition) is 0. The average Bonchev–Trinajstić information content (AvgIpc) is 3.19. The molecule has 1 aromatic carbocycles. The van der Waals surface area contributed by atoms with Crippen molar-refractivity contribution in [2.45, 2.75) is 61.3 Å². The fraction of sp³-hybridized carbons (Fsp3) is 0.455. The number of carbonyl (C=O) groups excluding carboxylic acids is 1. The zero-order valence-electron chi connectivity index (χ0n) is 15.1. The number of aromatic nitrogens is 1. The molecule has 2 fully saturated rings. The molecule has 1 saturated heterocycles. The largest absolute Gasteiger partial charge is 0.332 e. The average molecular weight is 367 g/mol. The van der Waals surface area contributed by atoms with Gasteiger partial charge >= 0.3 is 0 Å². The smallest absolute Gasteiger partial charge is 0.254 e. The molecule has 2 aliphatic rings. The maximum Gasteiger partial charge on any atom is 0.254 e. The lowest BCUT2D eigenvalue weighted by molar-refractivity contribution is 0.0733. The van der Waals surface area contributed by atoms with Gasteiger partial charge < -0.3 is 4.90 Å². The fourth-order valence-electron chi connectivity index (χ4n) is 4.18. The highest BCUT2D eigenvalue weighted by atomic mass is 32.2. The summed E-state index contributed by atoms with van der Waals surface area (Å²) in [6, 6.07) is 14.0. The van der Waals surface area contributed by atoms with Gasteiger partial charge in [-0.25, -0.2) is 4.98 Å². The quantitative estimate of drug-likeness (QED) is 0.718. The van der Waals surface area contributed by atoms with Crippen LogP contribution >= 0.6 is 11.8 Å². The summed E-state index contributed by atoms with van der Waals surface area (Å²) >= 11 is 1.94. The van der Waals surface area contributed by atoms with Gasteiger partial charge in [0.05, 0.1) is 6.04 Å². The number of pyridine rings is 1. The van der Waals surface area contributed by atoms with E-state index in [-0.39, 0.29) is 11.9 Å². The van der Waals surface area contributed by atoms with Gasteiger partial charge in [-0.15, -0.1) is 11.8 Å². The molecule has 2 aromatic rings. The second-order valence-electron chi connectivity index (χ2n) is 7.30. The normalized spacial score (nSPS) is 21.1. The number of thioether (sulfide) groups is 1. The Kier molecular flexibility index (Phi) is 5.59. The molecule has 0 radical (unpaired) electrons. The van der Waals surface area contributed by atoms with Crippen molar-refractivity contribution in [2.75, 3.05) is 6.54 Å². The molecule has 3 nitrogen and oxygen atoms in total. The number of rotatable bonds is 4. The number of carbonyl (C=O) groups is 1. The molecule has 1 aromatic heterocycles. The van der Waals surface area contributed by atoms with Crippen LogP contribution in [0.2, 0.25) is 0 Å². The molecule has 136 valence electrons. The van der Waals surface area contributed by atoms with Crippen molar-refractivity contribution in [3.63, 3.8) is 0 Å². The predicted molar refractivity (Wildman–Crippen MR) is 106 cm³/mol. The van der Waals surface area contributed by atoms with Gasteiger partial charge in [-0.2, -0.15) is 0 Å². The molecule has 0 N–H and O–H groups in total. The highest BCUT2D eigenvalue weighted by molar-refractivity contribution is 7.99. The van der Waals surface area contributed by atoms with Crippen molar-refractivity contribution in [1.82, 2.24) is 9.88 Å². The minimum Gasteiger partial charge on any atom is -0.332 e. The van der Waals surface area contributed by atoms with Crippen LogP contribution in [0, 0.1) is 0 Å². The summed E-state index contributed by atoms with van der Waals surface area (Å²) < 4.78 is 0. The van der Waals surface area contributed by atoms with Crippen molar-refractivity contribution in [2.24, 2.45) is 0 Å². The first-order chi connectivity index (χ1) is 12.8. The van der Waals surface area contributed by atoms with E-state index < -0.39 is 0 Å². The summed E-state index contributed by atoms with van der Waals surface area (Å²) in [5, 5.41) is 1.81. The Morgan fingerprint density at radius 1 is 0.962 bits per heavy atom. The summed E-state index contributed by atoms with van der Waals surface area (Å²) in [6.07, 6.45) is 10.6. The van der Waals surface area contributed by atoms with Gasteiger partial charge in [-0.05, 0) is 43.9 Å². The van der Waals surface area contributed by atoms with Crippen LogP contribution in [0.3, 0.4) is 0 Å². The number of benzene rings is 1. The van der Waals surface area contributed by atoms with Crippen molar-refractivity contribution in [3.05, 3.63) is 59.8 Å². The maximum absolute atomic E-state index is 13.0. The zero-order valence-corrected chi connectivity index (χ0v) is 16.0. The monoisotopic (exact) mass is 366 g/mol. The molecule has 4 heteroatoms. The summed E-state index contributed by atoms with van der Waals surface area (Å²) in [5.41, 5.74) is 2.02. The summed E-state index contributed by atoms with van der Waals surface area (Å²) in [5.74, 6) is 0.144. The first-order valence-electron chi connectivity index (χ1n) is 9.80. The molecule has 0 spiro atoms. The van der Waals surface area contributed by atoms with Crippen molar-refractivity contribution in [3.8, 4) is 0 Å². The number of amides is 1. The van der Waals surface area contributed by atoms with E-state index in [1.54, 1.807) is 0 Å². The van der Waals surface area contributed by atoms with Crippen molar-refractivity contribution in [1.29, 1.82) is 0 Å². The molecular weight excluding hydrogens is 340 g/mol. The van der Waals surface area contributed by atoms with E-state index in [0.29, 0.717) is 5.25 Å². The van der Waals surface area contributed by atoms with Crippen LogP contribution in [0.25, 0.3) is 0 Å². The summed E-state index contributed by atoms with van der Waals surface area (Å²) in [7, 11) is 0. The third kappa shape index (κ3) is 3.80. The van der Waals surface area contributed by atoms with Gasteiger partial charge in [0.2, 0.25) is 0 Å². The van der Waals surface area contributed by atoms with Gasteiger partial charge in [-0.1, -0.05) is 43.5 Å². The summed E-state index contributed by atoms with van der Waals surface area (Å²) in [4.78, 5) is 19.8. The molecule has 2 heterocycles. The van der Waals surface area contributed by atoms with Crippen LogP contribution in [-0.4, -0.2) is 27.6 Å². The van der Waals surface area contributed by atoms with Crippen LogP contribution in [0.1, 0.15) is 66.9 Å². The molecule has 0 bridgehead atoms. The number of nitrogens with zero attached hydrogens (tertiary/aromatic N) is 2. The van der Waals surface area contributed by atoms with Crippen LogP contribution in [0.4, 0.5) is 0 Å². The number of hydrogen-bond acceptors (Lipinski definition) is 3. The Morgan fingerprint density at radius 2 is 1.77 bits per heavy atom. The third-order valence-corrected chi connectivity index (χ3v) is 6.89. The first kappa shape index (κ1) is 17.6. The molecule has 1 atom stereocenters. The molecule has 1 amide bonds. The SMILES string of the molecule is O=C(c1ccccc1)N1CCC[C@@H]1c1cccnc1SC1CCCCC1. The lowest BCUT2D eigenvalue weighted by Gasteiger charge is -2.28. The Morgan fingerprint density at radius 3 is 2.58 bits per heavy atom. The Balaban J connectivity index is 1.57. The van der Waals surface area contributed by atoms with Gasteiger partial charge in [0.25, 0.3) is 5.91 Å². The highest BCUT2D eigenvalue weighted by Crippen LogP contribution is 2.40. The Labute approximate surface area is 160 Å². The van der Waals surface area contributed by atoms with Gasteiger partial charge in [0, 0.05) is 29.1 Å². The van der Waals surface area contributed by atoms with Crippen LogP contribution in [-0.2, 0) is 0 Å². The molecule has 26 heavy (non-hydrogen) atoms. The lowest BCUT2D eigenvalue weighted by atomic mass is 10.0. The predicted octanol–water partition coefficient (Wildman–Crippen LogP) is 5.48. The lowest BCUT2D eigenvalue weighted by Crippen LogP contribution is -2.31. The summed E-state index contributed by atoms with van der Waals surface area (Å²) in [6.45, 7) is 0.834. The van der Waals surface area contributed by atoms with E-state index in [1.165, 1.54) is 37.7 Å². The van der Waals surface area contributed by atoms with Gasteiger partial charge in [0.1, 0.15) is 5.03 Å². The van der Waals surface area contributed by atoms with Crippen LogP contribution in [0.5, 0.6) is 0 Å². The molecule has 4 rings (SSSR count). The van der Waals surface area contributed by atoms with E-state index >= 15 is 0 Å². The highest BCUT2D eigenvalue weighted by Gasteiger charge is 2.32. The fourth-order valence-corrected chi connectivity index (χ4v) is 5.52. The van der Waals surface area contributed by atoms with E-state index in [4.69, 9.17) is 4.98 Å². The Hall–Kier alpha value is -1.81. The van der Waals surface area contributed by atoms with Gasteiger partial charge in [-0.3, -0.25) is 4.79 Å². The topological polar surface area (TPSA) is 33.2 Å². The van der Waals surface area contributed by atoms with E-state index in [2.05, 4.69) is 11.0 Å². The molecule has 0 unspecified atom stereocenters. The standard InChI is InChI=1S/C22H26N2OS/c25-22(17-9-3-1-4-10-17)24-16-8-14-20(24)19-13-7-15-23-21(19)26-18-11-5-2-6-12-18/h1,3-4,7,9-10,13,15,18,20H,2,5-6,8,11-12,14,16H2/t20-/m1/s1. The first-order valence-corrected chi connectivity index (χ1v) is 10.7. The molecular formula is C22H26N2OS. The van der Waals surface area contributed by atoms with Crippen molar-refractivity contribution >= 4 is 17.7 Å². The van der Waals surface area contributed by atoms with E-state index in [0.717, 1.165) is 30.0 Å². The van der Waals surface area contributed by atoms with E-state index in [1.807, 2.05) is 54.4 Å². The second kappa shape index (κ2) is 8.26. The van der Waals surface area contributed by atoms with E-state index in [9.17, 15) is 4.79 Å². The molecule has 1 aliphatic heterocycles. The molecule has 1 aliphatic carbocycles. The number of likely N-dealkylation sites (tertiary alicyclic amines) is 1. The van der Waals surface area contributed by atoms with Gasteiger partial charge in [0.15, 0.2) is 0 Å². The van der Waals surface area contributed by atoms with Crippen LogP contribution in [0.15, 0.2) is 53.7 Å². The zero-order chi connectivity index (χ0) is 17.8. The minimum atomic E-state index is 0.144. The Bertz CT molecular complexity index is 743. The second-order valence-corrected chi connectivity index (χ2v) is 8.59. The third-order valence-electron chi connectivity index (χ3n) is 5.52. The van der Waals surface area contributed by atoms with Crippen LogP contribution < -0.4 is 0 Å². The van der Waals surface area contributed by atoms with Crippen molar-refractivity contribution < 1.29 is 4.79 Å². The maximum atomic E-state index is 13.0. The minimum absolute atomic E-state index is 0.144.